The number of thiol groups is 1. The van der Waals surface area contributed by atoms with E-state index in [-0.39, 0.29) is 11.3 Å². The Morgan fingerprint density at radius 1 is 0.969 bits per heavy atom. The maximum Gasteiger partial charge on any atom is 0.279 e. The molecular weight excluding hydrogens is 427 g/mol. The van der Waals surface area contributed by atoms with Gasteiger partial charge in [0.15, 0.2) is 0 Å². The molecule has 0 aliphatic heterocycles. The zero-order valence-electron chi connectivity index (χ0n) is 16.9. The summed E-state index contributed by atoms with van der Waals surface area (Å²) in [6, 6.07) is 19.9. The summed E-state index contributed by atoms with van der Waals surface area (Å²) < 4.78 is 36.8. The number of nitrogens with zero attached hydrogens (tertiary/aromatic N) is 2. The number of rotatable bonds is 6. The zero-order valence-corrected chi connectivity index (χ0v) is 17.8. The summed E-state index contributed by atoms with van der Waals surface area (Å²) in [4.78, 5) is 13.6. The first-order valence-corrected chi connectivity index (χ1v) is 11.1. The maximum absolute atomic E-state index is 13.6. The van der Waals surface area contributed by atoms with E-state index in [1.54, 1.807) is 60.8 Å². The van der Waals surface area contributed by atoms with E-state index in [1.807, 2.05) is 12.1 Å². The monoisotopic (exact) mass is 446 g/mol. The van der Waals surface area contributed by atoms with Crippen LogP contribution in [-0.4, -0.2) is 18.2 Å². The molecule has 4 rings (SSSR count). The van der Waals surface area contributed by atoms with Crippen LogP contribution in [0.15, 0.2) is 90.4 Å². The Bertz CT molecular complexity index is 1420. The van der Waals surface area contributed by atoms with Gasteiger partial charge in [0.1, 0.15) is 16.5 Å². The van der Waals surface area contributed by atoms with Gasteiger partial charge in [0.25, 0.3) is 5.56 Å². The fourth-order valence-electron chi connectivity index (χ4n) is 3.47. The molecule has 160 valence electrons. The molecule has 5 nitrogen and oxygen atoms in total. The molecule has 0 aliphatic carbocycles. The average molecular weight is 447 g/mol. The number of halogens is 1. The third-order valence-corrected chi connectivity index (χ3v) is 5.66. The third-order valence-electron chi connectivity index (χ3n) is 5.04. The molecule has 0 bridgehead atoms. The van der Waals surface area contributed by atoms with Crippen molar-refractivity contribution in [3.63, 3.8) is 0 Å². The lowest BCUT2D eigenvalue weighted by molar-refractivity contribution is 0.614. The highest BCUT2D eigenvalue weighted by Gasteiger charge is 2.16. The molecule has 0 unspecified atom stereocenters. The molecule has 0 saturated carbocycles. The Hall–Kier alpha value is -3.84. The van der Waals surface area contributed by atoms with Gasteiger partial charge in [-0.05, 0) is 46.5 Å². The quantitative estimate of drug-likeness (QED) is 0.444. The standard InChI is InChI=1S/C25H19FN2O3S/c1-2-17-4-3-5-22(14-17)28-25(29)24(20-10-12-21(26)13-11-20)23(15-27-28)19-8-6-18(7-9-19)16-32(30)31/h2-15,32H,1,16H2. The molecule has 3 aromatic carbocycles. The van der Waals surface area contributed by atoms with Crippen LogP contribution in [0.2, 0.25) is 0 Å². The lowest BCUT2D eigenvalue weighted by Gasteiger charge is -2.13. The van der Waals surface area contributed by atoms with Crippen LogP contribution in [0, 0.1) is 5.82 Å². The normalized spacial score (nSPS) is 10.9. The van der Waals surface area contributed by atoms with Gasteiger partial charge in [-0.1, -0.05) is 61.2 Å². The first-order chi connectivity index (χ1) is 15.5. The second-order valence-electron chi connectivity index (χ2n) is 7.14. The number of aromatic nitrogens is 2. The first-order valence-electron chi connectivity index (χ1n) is 9.78. The van der Waals surface area contributed by atoms with Gasteiger partial charge in [0.05, 0.1) is 23.2 Å². The van der Waals surface area contributed by atoms with E-state index in [4.69, 9.17) is 0 Å². The predicted octanol–water partition coefficient (Wildman–Crippen LogP) is 4.46. The number of benzene rings is 3. The topological polar surface area (TPSA) is 69.0 Å². The molecule has 32 heavy (non-hydrogen) atoms. The Labute approximate surface area is 186 Å². The molecule has 0 atom stereocenters. The van der Waals surface area contributed by atoms with Crippen molar-refractivity contribution < 1.29 is 12.8 Å². The van der Waals surface area contributed by atoms with Crippen LogP contribution in [0.3, 0.4) is 0 Å². The van der Waals surface area contributed by atoms with Gasteiger partial charge < -0.3 is 0 Å². The van der Waals surface area contributed by atoms with Crippen molar-refractivity contribution in [2.45, 2.75) is 5.75 Å². The summed E-state index contributed by atoms with van der Waals surface area (Å²) in [7, 11) is -2.53. The van der Waals surface area contributed by atoms with Crippen molar-refractivity contribution in [2.24, 2.45) is 0 Å². The minimum Gasteiger partial charge on any atom is -0.267 e. The molecular formula is C25H19FN2O3S. The predicted molar refractivity (Wildman–Crippen MR) is 125 cm³/mol. The fraction of sp³-hybridized carbons (Fsp3) is 0.0400. The Balaban J connectivity index is 1.92. The third kappa shape index (κ3) is 4.43. The summed E-state index contributed by atoms with van der Waals surface area (Å²) in [5.74, 6) is -0.459. The van der Waals surface area contributed by atoms with Crippen molar-refractivity contribution in [1.29, 1.82) is 0 Å². The highest BCUT2D eigenvalue weighted by molar-refractivity contribution is 7.71. The Morgan fingerprint density at radius 3 is 2.31 bits per heavy atom. The molecule has 0 fully saturated rings. The van der Waals surface area contributed by atoms with Gasteiger partial charge in [-0.25, -0.2) is 12.8 Å². The summed E-state index contributed by atoms with van der Waals surface area (Å²) in [5, 5.41) is 4.37. The molecule has 0 aliphatic rings. The second-order valence-corrected chi connectivity index (χ2v) is 8.13. The summed E-state index contributed by atoms with van der Waals surface area (Å²) >= 11 is 0. The average Bonchev–Trinajstić information content (AvgIpc) is 2.80. The number of hydrogen-bond acceptors (Lipinski definition) is 4. The molecule has 0 N–H and O–H groups in total. The van der Waals surface area contributed by atoms with E-state index in [9.17, 15) is 17.6 Å². The molecule has 1 heterocycles. The molecule has 0 amide bonds. The Kier molecular flexibility index (Phi) is 6.09. The molecule has 0 radical (unpaired) electrons. The van der Waals surface area contributed by atoms with E-state index in [0.717, 1.165) is 5.56 Å². The van der Waals surface area contributed by atoms with Crippen molar-refractivity contribution in [1.82, 2.24) is 9.78 Å². The van der Waals surface area contributed by atoms with Gasteiger partial charge in [-0.15, -0.1) is 0 Å². The van der Waals surface area contributed by atoms with Crippen molar-refractivity contribution >= 4 is 16.8 Å². The van der Waals surface area contributed by atoms with Gasteiger partial charge >= 0.3 is 0 Å². The Morgan fingerprint density at radius 2 is 1.66 bits per heavy atom. The second kappa shape index (κ2) is 9.11. The van der Waals surface area contributed by atoms with Crippen LogP contribution >= 0.6 is 0 Å². The van der Waals surface area contributed by atoms with E-state index in [1.165, 1.54) is 16.8 Å². The van der Waals surface area contributed by atoms with Gasteiger partial charge in [-0.3, -0.25) is 4.79 Å². The van der Waals surface area contributed by atoms with Crippen LogP contribution in [0.5, 0.6) is 0 Å². The first kappa shape index (κ1) is 21.4. The highest BCUT2D eigenvalue weighted by Crippen LogP contribution is 2.29. The van der Waals surface area contributed by atoms with E-state index in [2.05, 4.69) is 11.7 Å². The van der Waals surface area contributed by atoms with Gasteiger partial charge in [0, 0.05) is 5.56 Å². The number of hydrogen-bond donors (Lipinski definition) is 1. The summed E-state index contributed by atoms with van der Waals surface area (Å²) in [6.07, 6.45) is 3.27. The zero-order chi connectivity index (χ0) is 22.7. The van der Waals surface area contributed by atoms with E-state index < -0.39 is 16.5 Å². The van der Waals surface area contributed by atoms with Crippen molar-refractivity contribution in [2.75, 3.05) is 0 Å². The van der Waals surface area contributed by atoms with E-state index in [0.29, 0.717) is 33.5 Å². The lowest BCUT2D eigenvalue weighted by Crippen LogP contribution is -2.23. The minimum absolute atomic E-state index is 0.0556. The minimum atomic E-state index is -2.53. The van der Waals surface area contributed by atoms with Crippen molar-refractivity contribution in [3.05, 3.63) is 113 Å². The fourth-order valence-corrected chi connectivity index (χ4v) is 3.98. The van der Waals surface area contributed by atoms with Crippen LogP contribution < -0.4 is 5.56 Å². The van der Waals surface area contributed by atoms with Crippen LogP contribution in [-0.2, 0) is 16.5 Å². The van der Waals surface area contributed by atoms with Crippen LogP contribution in [0.4, 0.5) is 4.39 Å². The highest BCUT2D eigenvalue weighted by atomic mass is 32.2. The van der Waals surface area contributed by atoms with Crippen molar-refractivity contribution in [3.8, 4) is 27.9 Å². The maximum atomic E-state index is 13.6. The molecule has 4 aromatic rings. The van der Waals surface area contributed by atoms with Crippen LogP contribution in [0.1, 0.15) is 11.1 Å². The van der Waals surface area contributed by atoms with Gasteiger partial charge in [0.2, 0.25) is 0 Å². The molecule has 1 aromatic heterocycles. The smallest absolute Gasteiger partial charge is 0.267 e. The SMILES string of the molecule is C=Cc1cccc(-n2ncc(-c3ccc(C[SH](=O)=O)cc3)c(-c3ccc(F)cc3)c2=O)c1. The molecule has 0 saturated heterocycles. The lowest BCUT2D eigenvalue weighted by atomic mass is 9.96. The summed E-state index contributed by atoms with van der Waals surface area (Å²) in [6.45, 7) is 3.76. The van der Waals surface area contributed by atoms with Gasteiger partial charge in [-0.2, -0.15) is 9.78 Å². The van der Waals surface area contributed by atoms with E-state index >= 15 is 0 Å². The largest absolute Gasteiger partial charge is 0.279 e. The molecule has 7 heteroatoms. The molecule has 0 spiro atoms. The summed E-state index contributed by atoms with van der Waals surface area (Å²) in [5.41, 5.74) is 3.90. The van der Waals surface area contributed by atoms with Crippen LogP contribution in [0.25, 0.3) is 34.0 Å².